The first kappa shape index (κ1) is 18.9. The molecule has 8 nitrogen and oxygen atoms in total. The number of nitro benzene ring substituents is 1. The maximum absolute atomic E-state index is 11.7. The van der Waals surface area contributed by atoms with Gasteiger partial charge in [-0.3, -0.25) is 19.7 Å². The van der Waals surface area contributed by atoms with Crippen molar-refractivity contribution in [3.63, 3.8) is 0 Å². The van der Waals surface area contributed by atoms with Crippen LogP contribution in [0.15, 0.2) is 54.6 Å². The van der Waals surface area contributed by atoms with Crippen molar-refractivity contribution in [3.05, 3.63) is 64.7 Å². The Balaban J connectivity index is 1.62. The molecule has 1 amide bonds. The van der Waals surface area contributed by atoms with Gasteiger partial charge in [-0.05, 0) is 30.7 Å². The number of non-ortho nitro benzene ring substituents is 1. The zero-order chi connectivity index (χ0) is 18.8. The molecule has 136 valence electrons. The lowest BCUT2D eigenvalue weighted by Gasteiger charge is -2.07. The molecule has 0 saturated carbocycles. The summed E-state index contributed by atoms with van der Waals surface area (Å²) < 4.78 is 10.3. The van der Waals surface area contributed by atoms with Crippen LogP contribution in [0.1, 0.15) is 12.8 Å². The Morgan fingerprint density at radius 2 is 1.73 bits per heavy atom. The Bertz CT molecular complexity index is 746. The summed E-state index contributed by atoms with van der Waals surface area (Å²) >= 11 is 0. The monoisotopic (exact) mass is 358 g/mol. The standard InChI is InChI=1S/C18H18N2O6/c21-17(19-14-8-10-15(11-9-14)20(23)24)13-26-18(22)7-4-12-25-16-5-2-1-3-6-16/h1-3,5-6,8-11H,4,7,12-13H2,(H,19,21). The average molecular weight is 358 g/mol. The minimum absolute atomic E-state index is 0.0767. The van der Waals surface area contributed by atoms with Crippen molar-refractivity contribution in [2.45, 2.75) is 12.8 Å². The number of amides is 1. The fourth-order valence-corrected chi connectivity index (χ4v) is 2.01. The van der Waals surface area contributed by atoms with Gasteiger partial charge in [-0.2, -0.15) is 0 Å². The van der Waals surface area contributed by atoms with E-state index >= 15 is 0 Å². The molecule has 0 aliphatic heterocycles. The molecule has 2 aromatic rings. The van der Waals surface area contributed by atoms with E-state index in [1.165, 1.54) is 24.3 Å². The lowest BCUT2D eigenvalue weighted by molar-refractivity contribution is -0.384. The van der Waals surface area contributed by atoms with Crippen molar-refractivity contribution in [2.75, 3.05) is 18.5 Å². The van der Waals surface area contributed by atoms with Gasteiger partial charge in [0.2, 0.25) is 0 Å². The van der Waals surface area contributed by atoms with Crippen molar-refractivity contribution in [1.82, 2.24) is 0 Å². The fraction of sp³-hybridized carbons (Fsp3) is 0.222. The number of carbonyl (C=O) groups excluding carboxylic acids is 2. The summed E-state index contributed by atoms with van der Waals surface area (Å²) in [5, 5.41) is 13.0. The van der Waals surface area contributed by atoms with Crippen LogP contribution in [-0.4, -0.2) is 30.0 Å². The predicted octanol–water partition coefficient (Wildman–Crippen LogP) is 2.94. The minimum atomic E-state index is -0.533. The number of rotatable bonds is 9. The fourth-order valence-electron chi connectivity index (χ4n) is 2.01. The summed E-state index contributed by atoms with van der Waals surface area (Å²) in [6.07, 6.45) is 0.606. The van der Waals surface area contributed by atoms with Crippen LogP contribution < -0.4 is 10.1 Å². The molecular weight excluding hydrogens is 340 g/mol. The number of benzene rings is 2. The number of para-hydroxylation sites is 1. The molecular formula is C18H18N2O6. The Hall–Kier alpha value is -3.42. The maximum atomic E-state index is 11.7. The highest BCUT2D eigenvalue weighted by molar-refractivity contribution is 5.92. The quantitative estimate of drug-likeness (QED) is 0.320. The third-order valence-electron chi connectivity index (χ3n) is 3.26. The molecule has 2 aromatic carbocycles. The van der Waals surface area contributed by atoms with Crippen molar-refractivity contribution < 1.29 is 24.0 Å². The summed E-state index contributed by atoms with van der Waals surface area (Å²) in [5.41, 5.74) is 0.306. The normalized spacial score (nSPS) is 10.0. The van der Waals surface area contributed by atoms with Gasteiger partial charge in [0.1, 0.15) is 5.75 Å². The molecule has 0 aliphatic rings. The van der Waals surface area contributed by atoms with Gasteiger partial charge in [-0.15, -0.1) is 0 Å². The first-order valence-electron chi connectivity index (χ1n) is 7.92. The van der Waals surface area contributed by atoms with Gasteiger partial charge in [0.25, 0.3) is 11.6 Å². The van der Waals surface area contributed by atoms with E-state index in [1.54, 1.807) is 0 Å². The highest BCUT2D eigenvalue weighted by Crippen LogP contribution is 2.15. The number of ether oxygens (including phenoxy) is 2. The first-order valence-corrected chi connectivity index (χ1v) is 7.92. The molecule has 1 N–H and O–H groups in total. The third-order valence-corrected chi connectivity index (χ3v) is 3.26. The Morgan fingerprint density at radius 1 is 1.04 bits per heavy atom. The predicted molar refractivity (Wildman–Crippen MR) is 93.9 cm³/mol. The van der Waals surface area contributed by atoms with Crippen molar-refractivity contribution >= 4 is 23.3 Å². The lowest BCUT2D eigenvalue weighted by Crippen LogP contribution is -2.21. The second-order valence-electron chi connectivity index (χ2n) is 5.28. The molecule has 0 spiro atoms. The second kappa shape index (κ2) is 9.77. The molecule has 0 heterocycles. The largest absolute Gasteiger partial charge is 0.494 e. The SMILES string of the molecule is O=C(COC(=O)CCCOc1ccccc1)Nc1ccc([N+](=O)[O-])cc1. The Morgan fingerprint density at radius 3 is 2.38 bits per heavy atom. The summed E-state index contributed by atoms with van der Waals surface area (Å²) in [7, 11) is 0. The molecule has 0 bridgehead atoms. The molecule has 0 atom stereocenters. The van der Waals surface area contributed by atoms with E-state index in [9.17, 15) is 19.7 Å². The smallest absolute Gasteiger partial charge is 0.306 e. The van der Waals surface area contributed by atoms with Crippen molar-refractivity contribution in [2.24, 2.45) is 0 Å². The molecule has 0 fully saturated rings. The molecule has 26 heavy (non-hydrogen) atoms. The molecule has 0 saturated heterocycles. The number of anilines is 1. The summed E-state index contributed by atoms with van der Waals surface area (Å²) in [6, 6.07) is 14.6. The van der Waals surface area contributed by atoms with Gasteiger partial charge in [-0.1, -0.05) is 18.2 Å². The zero-order valence-corrected chi connectivity index (χ0v) is 13.9. The molecule has 2 rings (SSSR count). The molecule has 0 aromatic heterocycles. The van der Waals surface area contributed by atoms with Crippen LogP contribution in [0.5, 0.6) is 5.75 Å². The minimum Gasteiger partial charge on any atom is -0.494 e. The van der Waals surface area contributed by atoms with E-state index in [0.29, 0.717) is 18.7 Å². The number of hydrogen-bond donors (Lipinski definition) is 1. The summed E-state index contributed by atoms with van der Waals surface area (Å²) in [4.78, 5) is 33.3. The Kier molecular flexibility index (Phi) is 7.11. The molecule has 0 aliphatic carbocycles. The third kappa shape index (κ3) is 6.60. The molecule has 8 heteroatoms. The Labute approximate surface area is 149 Å². The number of carbonyl (C=O) groups is 2. The summed E-state index contributed by atoms with van der Waals surface area (Å²) in [5.74, 6) is -0.295. The van der Waals surface area contributed by atoms with Crippen LogP contribution in [0.3, 0.4) is 0 Å². The number of nitrogens with one attached hydrogen (secondary N) is 1. The number of nitrogens with zero attached hydrogens (tertiary/aromatic N) is 1. The second-order valence-corrected chi connectivity index (χ2v) is 5.28. The van der Waals surface area contributed by atoms with Crippen LogP contribution in [0.2, 0.25) is 0 Å². The number of hydrogen-bond acceptors (Lipinski definition) is 6. The summed E-state index contributed by atoms with van der Waals surface area (Å²) in [6.45, 7) is -0.0521. The lowest BCUT2D eigenvalue weighted by atomic mass is 10.3. The van der Waals surface area contributed by atoms with Gasteiger partial charge in [0, 0.05) is 24.2 Å². The van der Waals surface area contributed by atoms with Gasteiger partial charge in [-0.25, -0.2) is 0 Å². The van der Waals surface area contributed by atoms with E-state index in [1.807, 2.05) is 30.3 Å². The highest BCUT2D eigenvalue weighted by atomic mass is 16.6. The first-order chi connectivity index (χ1) is 12.5. The zero-order valence-electron chi connectivity index (χ0n) is 13.9. The molecule has 0 unspecified atom stereocenters. The molecule has 0 radical (unpaired) electrons. The maximum Gasteiger partial charge on any atom is 0.306 e. The van der Waals surface area contributed by atoms with E-state index < -0.39 is 23.4 Å². The van der Waals surface area contributed by atoms with Crippen molar-refractivity contribution in [3.8, 4) is 5.75 Å². The van der Waals surface area contributed by atoms with Gasteiger partial charge >= 0.3 is 5.97 Å². The van der Waals surface area contributed by atoms with Crippen LogP contribution in [0.4, 0.5) is 11.4 Å². The van der Waals surface area contributed by atoms with Gasteiger partial charge < -0.3 is 14.8 Å². The van der Waals surface area contributed by atoms with E-state index in [4.69, 9.17) is 9.47 Å². The van der Waals surface area contributed by atoms with E-state index in [2.05, 4.69) is 5.32 Å². The topological polar surface area (TPSA) is 108 Å². The van der Waals surface area contributed by atoms with Crippen LogP contribution >= 0.6 is 0 Å². The van der Waals surface area contributed by atoms with Gasteiger partial charge in [0.05, 0.1) is 11.5 Å². The van der Waals surface area contributed by atoms with Crippen LogP contribution in [0, 0.1) is 10.1 Å². The van der Waals surface area contributed by atoms with E-state index in [0.717, 1.165) is 5.75 Å². The van der Waals surface area contributed by atoms with Crippen LogP contribution in [-0.2, 0) is 14.3 Å². The number of esters is 1. The van der Waals surface area contributed by atoms with Crippen molar-refractivity contribution in [1.29, 1.82) is 0 Å². The van der Waals surface area contributed by atoms with Crippen LogP contribution in [0.25, 0.3) is 0 Å². The highest BCUT2D eigenvalue weighted by Gasteiger charge is 2.09. The van der Waals surface area contributed by atoms with E-state index in [-0.39, 0.29) is 12.1 Å². The number of nitro groups is 1. The average Bonchev–Trinajstić information content (AvgIpc) is 2.65. The van der Waals surface area contributed by atoms with Gasteiger partial charge in [0.15, 0.2) is 6.61 Å².